The Morgan fingerprint density at radius 1 is 1.00 bits per heavy atom. The van der Waals surface area contributed by atoms with Crippen molar-refractivity contribution in [1.82, 2.24) is 15.0 Å². The number of hydrogen-bond acceptors (Lipinski definition) is 9. The number of aromatic nitrogens is 3. The Hall–Kier alpha value is -4.14. The van der Waals surface area contributed by atoms with Crippen LogP contribution in [0, 0.1) is 0 Å². The van der Waals surface area contributed by atoms with Gasteiger partial charge in [-0.05, 0) is 67.8 Å². The van der Waals surface area contributed by atoms with Crippen molar-refractivity contribution >= 4 is 70.4 Å². The molecule has 3 N–H and O–H groups in total. The van der Waals surface area contributed by atoms with E-state index in [1.165, 1.54) is 36.8 Å². The molecule has 3 heterocycles. The Labute approximate surface area is 259 Å². The van der Waals surface area contributed by atoms with Crippen molar-refractivity contribution in [3.8, 4) is 17.2 Å². The number of nitrogens with zero attached hydrogens (tertiary/aromatic N) is 1. The van der Waals surface area contributed by atoms with Gasteiger partial charge in [0.05, 0.1) is 39.3 Å². The normalized spacial score (nSPS) is 10.9. The summed E-state index contributed by atoms with van der Waals surface area (Å²) in [5, 5.41) is 3.05. The van der Waals surface area contributed by atoms with Gasteiger partial charge >= 0.3 is 5.97 Å². The van der Waals surface area contributed by atoms with Crippen molar-refractivity contribution < 1.29 is 28.5 Å². The highest BCUT2D eigenvalue weighted by atomic mass is 79.9. The minimum Gasteiger partial charge on any atom is -0.497 e. The first-order valence-electron chi connectivity index (χ1n) is 12.2. The number of esters is 1. The zero-order chi connectivity index (χ0) is 29.8. The summed E-state index contributed by atoms with van der Waals surface area (Å²) >= 11 is 7.82. The van der Waals surface area contributed by atoms with Gasteiger partial charge in [0.2, 0.25) is 5.43 Å². The van der Waals surface area contributed by atoms with E-state index in [1.54, 1.807) is 19.2 Å². The van der Waals surface area contributed by atoms with E-state index in [9.17, 15) is 14.4 Å². The molecule has 42 heavy (non-hydrogen) atoms. The monoisotopic (exact) mass is 716 g/mol. The van der Waals surface area contributed by atoms with Crippen LogP contribution in [0.4, 0.5) is 5.13 Å². The maximum absolute atomic E-state index is 12.7. The zero-order valence-corrected chi connectivity index (χ0v) is 26.1. The van der Waals surface area contributed by atoms with Crippen molar-refractivity contribution in [3.05, 3.63) is 96.5 Å². The summed E-state index contributed by atoms with van der Waals surface area (Å²) in [5.41, 5.74) is 2.02. The van der Waals surface area contributed by atoms with Gasteiger partial charge in [-0.25, -0.2) is 9.78 Å². The number of halogens is 2. The smallest absolute Gasteiger partial charge is 0.338 e. The Morgan fingerprint density at radius 2 is 1.76 bits per heavy atom. The van der Waals surface area contributed by atoms with Crippen LogP contribution < -0.4 is 25.0 Å². The topological polar surface area (TPSA) is 145 Å². The van der Waals surface area contributed by atoms with E-state index in [0.717, 1.165) is 11.3 Å². The van der Waals surface area contributed by atoms with Gasteiger partial charge < -0.3 is 28.9 Å². The van der Waals surface area contributed by atoms with E-state index >= 15 is 0 Å². The molecule has 0 saturated heterocycles. The molecule has 0 spiro atoms. The molecule has 0 unspecified atom stereocenters. The number of ether oxygens (including phenoxy) is 4. The molecule has 216 valence electrons. The molecule has 14 heteroatoms. The molecule has 0 bridgehead atoms. The summed E-state index contributed by atoms with van der Waals surface area (Å²) in [4.78, 5) is 48.1. The van der Waals surface area contributed by atoms with Gasteiger partial charge in [-0.15, -0.1) is 0 Å². The number of carbonyl (C=O) groups is 2. The molecular weight excluding hydrogens is 696 g/mol. The molecular formula is C28H22Br2N4O7S. The van der Waals surface area contributed by atoms with E-state index < -0.39 is 11.9 Å². The van der Waals surface area contributed by atoms with Crippen molar-refractivity contribution in [2.45, 2.75) is 13.2 Å². The largest absolute Gasteiger partial charge is 0.497 e. The SMILES string of the molecule is COC(=O)c1cc(OCc2cc(=O)c(OCc3ccc(OC)cc3)c[nH]2)c2nc(NC(=O)c3cc(Br)c(Br)[nH]3)sc2c1. The number of thiazole rings is 1. The third kappa shape index (κ3) is 6.66. The third-order valence-corrected chi connectivity index (χ3v) is 8.65. The molecule has 0 aliphatic heterocycles. The molecule has 0 atom stereocenters. The number of fused-ring (bicyclic) bond motifs is 1. The van der Waals surface area contributed by atoms with Crippen LogP contribution in [0.2, 0.25) is 0 Å². The molecule has 0 aliphatic carbocycles. The van der Waals surface area contributed by atoms with Crippen LogP contribution in [0.25, 0.3) is 10.2 Å². The highest BCUT2D eigenvalue weighted by Gasteiger charge is 2.19. The molecule has 0 aliphatic rings. The first-order chi connectivity index (χ1) is 20.2. The summed E-state index contributed by atoms with van der Waals surface area (Å²) < 4.78 is 23.6. The predicted molar refractivity (Wildman–Crippen MR) is 164 cm³/mol. The van der Waals surface area contributed by atoms with Gasteiger partial charge in [-0.3, -0.25) is 14.9 Å². The van der Waals surface area contributed by atoms with Gasteiger partial charge in [-0.2, -0.15) is 0 Å². The van der Waals surface area contributed by atoms with Crippen LogP contribution in [-0.2, 0) is 18.0 Å². The maximum atomic E-state index is 12.7. The lowest BCUT2D eigenvalue weighted by Gasteiger charge is -2.10. The van der Waals surface area contributed by atoms with Crippen LogP contribution in [-0.4, -0.2) is 41.0 Å². The maximum Gasteiger partial charge on any atom is 0.338 e. The summed E-state index contributed by atoms with van der Waals surface area (Å²) in [5.74, 6) is 0.199. The van der Waals surface area contributed by atoms with Gasteiger partial charge in [0.25, 0.3) is 5.91 Å². The second-order valence-electron chi connectivity index (χ2n) is 8.74. The standard InChI is InChI=1S/C28H22Br2N4O7S/c1-38-17-5-3-14(4-6-17)12-40-22-11-31-16(9-20(22)35)13-41-21-7-15(27(37)39-2)8-23-24(21)33-28(42-23)34-26(36)19-10-18(29)25(30)32-19/h3-11,32H,12-13H2,1-2H3,(H,31,35)(H,33,34,36). The average Bonchev–Trinajstić information content (AvgIpc) is 3.56. The van der Waals surface area contributed by atoms with E-state index in [4.69, 9.17) is 18.9 Å². The number of rotatable bonds is 10. The Balaban J connectivity index is 1.32. The molecule has 0 fully saturated rings. The van der Waals surface area contributed by atoms with Crippen molar-refractivity contribution in [2.75, 3.05) is 19.5 Å². The highest BCUT2D eigenvalue weighted by Crippen LogP contribution is 2.35. The van der Waals surface area contributed by atoms with Gasteiger partial charge in [0.15, 0.2) is 10.9 Å². The number of amides is 1. The summed E-state index contributed by atoms with van der Waals surface area (Å²) in [7, 11) is 2.87. The number of H-pyrrole nitrogens is 2. The average molecular weight is 718 g/mol. The Kier molecular flexibility index (Phi) is 8.94. The van der Waals surface area contributed by atoms with Crippen molar-refractivity contribution in [3.63, 3.8) is 0 Å². The highest BCUT2D eigenvalue weighted by molar-refractivity contribution is 9.13. The van der Waals surface area contributed by atoms with Crippen LogP contribution in [0.5, 0.6) is 17.2 Å². The number of methoxy groups -OCH3 is 2. The second-order valence-corrected chi connectivity index (χ2v) is 11.4. The number of aromatic amines is 2. The third-order valence-electron chi connectivity index (χ3n) is 5.94. The van der Waals surface area contributed by atoms with E-state index in [-0.39, 0.29) is 35.7 Å². The van der Waals surface area contributed by atoms with Gasteiger partial charge in [0, 0.05) is 12.3 Å². The fourth-order valence-corrected chi connectivity index (χ4v) is 5.40. The van der Waals surface area contributed by atoms with E-state index in [0.29, 0.717) is 35.8 Å². The lowest BCUT2D eigenvalue weighted by Crippen LogP contribution is -2.12. The van der Waals surface area contributed by atoms with E-state index in [1.807, 2.05) is 24.3 Å². The molecule has 5 aromatic rings. The van der Waals surface area contributed by atoms with Crippen LogP contribution in [0.15, 0.2) is 68.6 Å². The molecule has 11 nitrogen and oxygen atoms in total. The summed E-state index contributed by atoms with van der Waals surface area (Å²) in [6, 6.07) is 13.5. The fraction of sp³-hybridized carbons (Fsp3) is 0.143. The number of anilines is 1. The lowest BCUT2D eigenvalue weighted by molar-refractivity contribution is 0.0600. The van der Waals surface area contributed by atoms with Crippen LogP contribution >= 0.6 is 43.2 Å². The minimum atomic E-state index is -0.561. The first-order valence-corrected chi connectivity index (χ1v) is 14.6. The molecule has 0 saturated carbocycles. The van der Waals surface area contributed by atoms with Crippen LogP contribution in [0.1, 0.15) is 32.1 Å². The molecule has 0 radical (unpaired) electrons. The van der Waals surface area contributed by atoms with Gasteiger partial charge in [-0.1, -0.05) is 23.5 Å². The second kappa shape index (κ2) is 12.8. The molecule has 5 rings (SSSR count). The Morgan fingerprint density at radius 3 is 2.43 bits per heavy atom. The zero-order valence-electron chi connectivity index (χ0n) is 22.1. The predicted octanol–water partition coefficient (Wildman–Crippen LogP) is 6.04. The summed E-state index contributed by atoms with van der Waals surface area (Å²) in [6.07, 6.45) is 1.47. The Bertz CT molecular complexity index is 1810. The fourth-order valence-electron chi connectivity index (χ4n) is 3.82. The van der Waals surface area contributed by atoms with E-state index in [2.05, 4.69) is 52.1 Å². The van der Waals surface area contributed by atoms with Crippen molar-refractivity contribution in [2.24, 2.45) is 0 Å². The quantitative estimate of drug-likeness (QED) is 0.148. The molecule has 1 amide bonds. The molecule has 2 aromatic carbocycles. The number of pyridine rings is 1. The summed E-state index contributed by atoms with van der Waals surface area (Å²) in [6.45, 7) is 0.180. The van der Waals surface area contributed by atoms with Gasteiger partial charge in [0.1, 0.15) is 35.9 Å². The van der Waals surface area contributed by atoms with Crippen molar-refractivity contribution in [1.29, 1.82) is 0 Å². The minimum absolute atomic E-state index is 0.0303. The number of hydrogen-bond donors (Lipinski definition) is 3. The lowest BCUT2D eigenvalue weighted by atomic mass is 10.2. The first kappa shape index (κ1) is 29.4. The molecule has 3 aromatic heterocycles. The number of carbonyl (C=O) groups excluding carboxylic acids is 2. The number of nitrogens with one attached hydrogen (secondary N) is 3. The van der Waals surface area contributed by atoms with Crippen LogP contribution in [0.3, 0.4) is 0 Å². The number of benzene rings is 2.